The third-order valence-electron chi connectivity index (χ3n) is 5.09. The van der Waals surface area contributed by atoms with E-state index in [4.69, 9.17) is 4.74 Å². The van der Waals surface area contributed by atoms with E-state index in [1.165, 1.54) is 0 Å². The van der Waals surface area contributed by atoms with E-state index in [0.717, 1.165) is 25.9 Å². The number of piperidine rings is 1. The molecule has 0 aromatic carbocycles. The Morgan fingerprint density at radius 3 is 2.32 bits per heavy atom. The predicted octanol–water partition coefficient (Wildman–Crippen LogP) is 0.630. The standard InChI is InChI=1S/C16H24N2O4/c1-9(2)18-7-5-10(6-8-18)17-15(19)13-11-3-4-12(22-11)14(13)16(20)21/h3-4,9-14H,5-8H2,1-2H3,(H,17,19)(H,20,21)/t11-,12+,13+,14-/m0/s1. The second-order valence-electron chi connectivity index (χ2n) is 6.75. The summed E-state index contributed by atoms with van der Waals surface area (Å²) in [6.07, 6.45) is 4.56. The lowest BCUT2D eigenvalue weighted by Crippen LogP contribution is -2.50. The van der Waals surface area contributed by atoms with Gasteiger partial charge < -0.3 is 20.1 Å². The summed E-state index contributed by atoms with van der Waals surface area (Å²) < 4.78 is 5.56. The average Bonchev–Trinajstić information content (AvgIpc) is 3.08. The van der Waals surface area contributed by atoms with E-state index in [9.17, 15) is 14.7 Å². The first-order valence-electron chi connectivity index (χ1n) is 8.08. The first-order chi connectivity index (χ1) is 10.5. The summed E-state index contributed by atoms with van der Waals surface area (Å²) in [6, 6.07) is 0.664. The van der Waals surface area contributed by atoms with Crippen LogP contribution in [-0.4, -0.2) is 59.3 Å². The minimum absolute atomic E-state index is 0.139. The predicted molar refractivity (Wildman–Crippen MR) is 80.3 cm³/mol. The highest BCUT2D eigenvalue weighted by molar-refractivity contribution is 5.87. The second kappa shape index (κ2) is 6.01. The molecule has 3 heterocycles. The van der Waals surface area contributed by atoms with Crippen LogP contribution in [0.5, 0.6) is 0 Å². The summed E-state index contributed by atoms with van der Waals surface area (Å²) in [6.45, 7) is 6.29. The van der Waals surface area contributed by atoms with Gasteiger partial charge in [0, 0.05) is 25.2 Å². The van der Waals surface area contributed by atoms with Crippen LogP contribution in [0.3, 0.4) is 0 Å². The van der Waals surface area contributed by atoms with E-state index in [2.05, 4.69) is 24.1 Å². The minimum atomic E-state index is -0.952. The number of nitrogens with one attached hydrogen (secondary N) is 1. The monoisotopic (exact) mass is 308 g/mol. The van der Waals surface area contributed by atoms with Gasteiger partial charge in [0.05, 0.1) is 18.1 Å². The number of nitrogens with zero attached hydrogens (tertiary/aromatic N) is 1. The molecule has 2 N–H and O–H groups in total. The van der Waals surface area contributed by atoms with Gasteiger partial charge in [0.15, 0.2) is 0 Å². The molecule has 2 saturated heterocycles. The fourth-order valence-corrected chi connectivity index (χ4v) is 3.77. The molecule has 122 valence electrons. The zero-order valence-corrected chi connectivity index (χ0v) is 13.1. The second-order valence-corrected chi connectivity index (χ2v) is 6.75. The van der Waals surface area contributed by atoms with E-state index < -0.39 is 23.9 Å². The number of ether oxygens (including phenoxy) is 1. The van der Waals surface area contributed by atoms with Gasteiger partial charge in [0.2, 0.25) is 5.91 Å². The molecule has 0 spiro atoms. The molecule has 0 aliphatic carbocycles. The number of rotatable bonds is 4. The summed E-state index contributed by atoms with van der Waals surface area (Å²) in [5.41, 5.74) is 0. The van der Waals surface area contributed by atoms with Crippen LogP contribution >= 0.6 is 0 Å². The Labute approximate surface area is 130 Å². The van der Waals surface area contributed by atoms with Gasteiger partial charge >= 0.3 is 5.97 Å². The van der Waals surface area contributed by atoms with Crippen LogP contribution in [0.15, 0.2) is 12.2 Å². The molecule has 4 atom stereocenters. The van der Waals surface area contributed by atoms with Crippen LogP contribution in [0.4, 0.5) is 0 Å². The van der Waals surface area contributed by atoms with Gasteiger partial charge in [-0.2, -0.15) is 0 Å². The van der Waals surface area contributed by atoms with Crippen LogP contribution in [0, 0.1) is 11.8 Å². The molecule has 6 heteroatoms. The van der Waals surface area contributed by atoms with Crippen LogP contribution in [0.25, 0.3) is 0 Å². The normalized spacial score (nSPS) is 35.2. The number of likely N-dealkylation sites (tertiary alicyclic amines) is 1. The summed E-state index contributed by atoms with van der Waals surface area (Å²) in [4.78, 5) is 26.3. The molecule has 2 fully saturated rings. The Kier molecular flexibility index (Phi) is 4.23. The summed E-state index contributed by atoms with van der Waals surface area (Å²) in [5.74, 6) is -2.49. The molecule has 0 unspecified atom stereocenters. The molecule has 2 bridgehead atoms. The summed E-state index contributed by atoms with van der Waals surface area (Å²) in [7, 11) is 0. The minimum Gasteiger partial charge on any atom is -0.481 e. The average molecular weight is 308 g/mol. The quantitative estimate of drug-likeness (QED) is 0.745. The Hall–Kier alpha value is -1.40. The van der Waals surface area contributed by atoms with Crippen molar-refractivity contribution in [3.05, 3.63) is 12.2 Å². The highest BCUT2D eigenvalue weighted by Gasteiger charge is 2.53. The molecule has 3 aliphatic rings. The van der Waals surface area contributed by atoms with E-state index in [1.807, 2.05) is 6.08 Å². The van der Waals surface area contributed by atoms with Gasteiger partial charge in [-0.05, 0) is 26.7 Å². The molecule has 3 aliphatic heterocycles. The lowest BCUT2D eigenvalue weighted by molar-refractivity contribution is -0.146. The fourth-order valence-electron chi connectivity index (χ4n) is 3.77. The topological polar surface area (TPSA) is 78.9 Å². The maximum atomic E-state index is 12.5. The molecule has 0 radical (unpaired) electrons. The first kappa shape index (κ1) is 15.5. The van der Waals surface area contributed by atoms with Crippen LogP contribution in [0.2, 0.25) is 0 Å². The highest BCUT2D eigenvalue weighted by Crippen LogP contribution is 2.39. The van der Waals surface area contributed by atoms with Gasteiger partial charge in [0.1, 0.15) is 5.92 Å². The van der Waals surface area contributed by atoms with Gasteiger partial charge in [-0.15, -0.1) is 0 Å². The highest BCUT2D eigenvalue weighted by atomic mass is 16.5. The number of hydrogen-bond acceptors (Lipinski definition) is 4. The molecular formula is C16H24N2O4. The Bertz CT molecular complexity index is 483. The number of carbonyl (C=O) groups excluding carboxylic acids is 1. The first-order valence-corrected chi connectivity index (χ1v) is 8.08. The lowest BCUT2D eigenvalue weighted by atomic mass is 9.82. The van der Waals surface area contributed by atoms with Crippen molar-refractivity contribution in [2.75, 3.05) is 13.1 Å². The van der Waals surface area contributed by atoms with Gasteiger partial charge in [-0.25, -0.2) is 0 Å². The van der Waals surface area contributed by atoms with Crippen molar-refractivity contribution in [1.29, 1.82) is 0 Å². The van der Waals surface area contributed by atoms with E-state index in [-0.39, 0.29) is 18.1 Å². The Morgan fingerprint density at radius 1 is 1.18 bits per heavy atom. The summed E-state index contributed by atoms with van der Waals surface area (Å²) in [5, 5.41) is 12.4. The Morgan fingerprint density at radius 2 is 1.77 bits per heavy atom. The van der Waals surface area contributed by atoms with Crippen molar-refractivity contribution < 1.29 is 19.4 Å². The van der Waals surface area contributed by atoms with E-state index in [1.54, 1.807) is 6.08 Å². The third kappa shape index (κ3) is 2.77. The van der Waals surface area contributed by atoms with Crippen LogP contribution in [0.1, 0.15) is 26.7 Å². The molecule has 22 heavy (non-hydrogen) atoms. The molecule has 3 rings (SSSR count). The zero-order chi connectivity index (χ0) is 15.9. The van der Waals surface area contributed by atoms with Crippen LogP contribution in [-0.2, 0) is 14.3 Å². The molecular weight excluding hydrogens is 284 g/mol. The van der Waals surface area contributed by atoms with E-state index >= 15 is 0 Å². The van der Waals surface area contributed by atoms with Crippen molar-refractivity contribution in [2.24, 2.45) is 11.8 Å². The number of aliphatic carboxylic acids is 1. The molecule has 1 amide bonds. The SMILES string of the molecule is CC(C)N1CCC(NC(=O)[C@H]2[C@@H](C(=O)O)[C@H]3C=C[C@@H]2O3)CC1. The molecule has 6 nitrogen and oxygen atoms in total. The van der Waals surface area contributed by atoms with Gasteiger partial charge in [-0.1, -0.05) is 12.2 Å². The van der Waals surface area contributed by atoms with E-state index in [0.29, 0.717) is 6.04 Å². The zero-order valence-electron chi connectivity index (χ0n) is 13.1. The molecule has 0 aromatic heterocycles. The molecule has 0 saturated carbocycles. The number of fused-ring (bicyclic) bond motifs is 2. The number of amides is 1. The number of carboxylic acid groups (broad SMARTS) is 1. The van der Waals surface area contributed by atoms with Gasteiger partial charge in [-0.3, -0.25) is 9.59 Å². The van der Waals surface area contributed by atoms with Crippen molar-refractivity contribution >= 4 is 11.9 Å². The van der Waals surface area contributed by atoms with Crippen molar-refractivity contribution in [2.45, 2.75) is 51.0 Å². The van der Waals surface area contributed by atoms with Crippen LogP contribution < -0.4 is 5.32 Å². The third-order valence-corrected chi connectivity index (χ3v) is 5.09. The number of carbonyl (C=O) groups is 2. The number of carboxylic acids is 1. The maximum absolute atomic E-state index is 12.5. The van der Waals surface area contributed by atoms with Crippen molar-refractivity contribution in [3.8, 4) is 0 Å². The van der Waals surface area contributed by atoms with Crippen molar-refractivity contribution in [3.63, 3.8) is 0 Å². The Balaban J connectivity index is 1.58. The summed E-state index contributed by atoms with van der Waals surface area (Å²) >= 11 is 0. The van der Waals surface area contributed by atoms with Gasteiger partial charge in [0.25, 0.3) is 0 Å². The lowest BCUT2D eigenvalue weighted by Gasteiger charge is -2.35. The smallest absolute Gasteiger partial charge is 0.310 e. The number of hydrogen-bond donors (Lipinski definition) is 2. The molecule has 0 aromatic rings. The fraction of sp³-hybridized carbons (Fsp3) is 0.750. The van der Waals surface area contributed by atoms with Crippen molar-refractivity contribution in [1.82, 2.24) is 10.2 Å². The maximum Gasteiger partial charge on any atom is 0.310 e. The largest absolute Gasteiger partial charge is 0.481 e.